The summed E-state index contributed by atoms with van der Waals surface area (Å²) >= 11 is 0. The van der Waals surface area contributed by atoms with Crippen molar-refractivity contribution >= 4 is 10.0 Å². The molecule has 0 radical (unpaired) electrons. The molecule has 1 aliphatic heterocycles. The third-order valence-corrected chi connectivity index (χ3v) is 10.2. The van der Waals surface area contributed by atoms with Crippen molar-refractivity contribution < 1.29 is 8.42 Å². The average Bonchev–Trinajstić information content (AvgIpc) is 3.03. The zero-order valence-corrected chi connectivity index (χ0v) is 21.1. The predicted molar refractivity (Wildman–Crippen MR) is 131 cm³/mol. The highest BCUT2D eigenvalue weighted by Crippen LogP contribution is 2.59. The molecule has 3 aliphatic carbocycles. The van der Waals surface area contributed by atoms with Crippen molar-refractivity contribution in [2.75, 3.05) is 39.5 Å². The molecule has 3 unspecified atom stereocenters. The van der Waals surface area contributed by atoms with Crippen molar-refractivity contribution in [2.45, 2.75) is 64.7 Å². The molecule has 2 N–H and O–H groups in total. The van der Waals surface area contributed by atoms with Gasteiger partial charge in [0, 0.05) is 44.8 Å². The fourth-order valence-electron chi connectivity index (χ4n) is 5.93. The zero-order valence-electron chi connectivity index (χ0n) is 20.3. The summed E-state index contributed by atoms with van der Waals surface area (Å²) in [4.78, 5) is 2.16. The number of fused-ring (bicyclic) bond motifs is 2. The van der Waals surface area contributed by atoms with Crippen LogP contribution in [-0.4, -0.2) is 69.2 Å². The first-order valence-corrected chi connectivity index (χ1v) is 13.9. The molecule has 0 aromatic heterocycles. The Bertz CT molecular complexity index is 872. The van der Waals surface area contributed by atoms with Crippen LogP contribution in [-0.2, 0) is 23.1 Å². The second-order valence-corrected chi connectivity index (χ2v) is 13.2. The van der Waals surface area contributed by atoms with Crippen LogP contribution in [0.2, 0.25) is 0 Å². The molecule has 2 bridgehead atoms. The highest BCUT2D eigenvalue weighted by Gasteiger charge is 2.52. The minimum atomic E-state index is -3.18. The highest BCUT2D eigenvalue weighted by atomic mass is 32.2. The van der Waals surface area contributed by atoms with Gasteiger partial charge in [0.05, 0.1) is 5.75 Å². The number of benzene rings is 1. The lowest BCUT2D eigenvalue weighted by molar-refractivity contribution is -0.0788. The Morgan fingerprint density at radius 1 is 1.12 bits per heavy atom. The third-order valence-electron chi connectivity index (χ3n) is 8.32. The minimum absolute atomic E-state index is 0.0631. The fourth-order valence-corrected chi connectivity index (χ4v) is 7.72. The quantitative estimate of drug-likeness (QED) is 0.524. The van der Waals surface area contributed by atoms with Crippen molar-refractivity contribution in [1.29, 1.82) is 0 Å². The Balaban J connectivity index is 1.32. The van der Waals surface area contributed by atoms with Gasteiger partial charge in [0.25, 0.3) is 0 Å². The first-order chi connectivity index (χ1) is 15.1. The molecule has 3 atom stereocenters. The lowest BCUT2D eigenvalue weighted by Gasteiger charge is -2.59. The van der Waals surface area contributed by atoms with Crippen LogP contribution in [0.4, 0.5) is 0 Å². The van der Waals surface area contributed by atoms with Crippen LogP contribution in [0, 0.1) is 17.3 Å². The number of nitrogens with one attached hydrogen (secondary N) is 2. The van der Waals surface area contributed by atoms with E-state index in [1.54, 1.807) is 4.31 Å². The van der Waals surface area contributed by atoms with Crippen LogP contribution < -0.4 is 10.6 Å². The van der Waals surface area contributed by atoms with Gasteiger partial charge in [-0.1, -0.05) is 38.1 Å². The Hall–Kier alpha value is -0.990. The van der Waals surface area contributed by atoms with Crippen LogP contribution in [0.15, 0.2) is 24.3 Å². The summed E-state index contributed by atoms with van der Waals surface area (Å²) in [5.74, 6) is 1.93. The normalized spacial score (nSPS) is 31.0. The summed E-state index contributed by atoms with van der Waals surface area (Å²) in [6.45, 7) is 8.82. The number of likely N-dealkylation sites (N-methyl/N-ethyl adjacent to an activating group) is 1. The molecule has 4 aliphatic rings. The molecular weight excluding hydrogens is 420 g/mol. The lowest BCUT2D eigenvalue weighted by Crippen LogP contribution is -2.56. The molecule has 4 fully saturated rings. The predicted octanol–water partition coefficient (Wildman–Crippen LogP) is 2.66. The van der Waals surface area contributed by atoms with Gasteiger partial charge >= 0.3 is 0 Å². The van der Waals surface area contributed by atoms with E-state index in [2.05, 4.69) is 61.7 Å². The summed E-state index contributed by atoms with van der Waals surface area (Å²) in [6, 6.07) is 8.97. The maximum absolute atomic E-state index is 12.8. The molecule has 0 spiro atoms. The molecular formula is C25H42N4O2S. The van der Waals surface area contributed by atoms with Gasteiger partial charge < -0.3 is 15.5 Å². The molecule has 1 aromatic carbocycles. The zero-order chi connectivity index (χ0) is 22.9. The van der Waals surface area contributed by atoms with Gasteiger partial charge in [0.1, 0.15) is 0 Å². The molecule has 1 heterocycles. The highest BCUT2D eigenvalue weighted by molar-refractivity contribution is 7.89. The van der Waals surface area contributed by atoms with Crippen LogP contribution in [0.3, 0.4) is 0 Å². The molecule has 1 aromatic rings. The van der Waals surface area contributed by atoms with Gasteiger partial charge in [0.15, 0.2) is 0 Å². The van der Waals surface area contributed by atoms with Gasteiger partial charge in [-0.25, -0.2) is 8.42 Å². The molecule has 5 rings (SSSR count). The number of sulfonamides is 1. The van der Waals surface area contributed by atoms with E-state index in [1.807, 2.05) is 6.07 Å². The Morgan fingerprint density at radius 3 is 2.53 bits per heavy atom. The number of hydrogen-bond acceptors (Lipinski definition) is 5. The van der Waals surface area contributed by atoms with Gasteiger partial charge in [-0.15, -0.1) is 0 Å². The van der Waals surface area contributed by atoms with Crippen LogP contribution in [0.25, 0.3) is 0 Å². The van der Waals surface area contributed by atoms with E-state index in [0.717, 1.165) is 50.0 Å². The molecule has 180 valence electrons. The summed E-state index contributed by atoms with van der Waals surface area (Å²) in [5, 5.41) is 7.22. The van der Waals surface area contributed by atoms with E-state index >= 15 is 0 Å². The monoisotopic (exact) mass is 462 g/mol. The largest absolute Gasteiger partial charge is 0.312 e. The van der Waals surface area contributed by atoms with Crippen molar-refractivity contribution in [1.82, 2.24) is 19.8 Å². The second kappa shape index (κ2) is 9.71. The number of nitrogens with zero attached hydrogens (tertiary/aromatic N) is 2. The first-order valence-electron chi connectivity index (χ1n) is 12.3. The fraction of sp³-hybridized carbons (Fsp3) is 0.760. The summed E-state index contributed by atoms with van der Waals surface area (Å²) in [6.07, 6.45) is 4.60. The maximum Gasteiger partial charge on any atom is 0.214 e. The smallest absolute Gasteiger partial charge is 0.214 e. The topological polar surface area (TPSA) is 64.7 Å². The molecule has 3 saturated carbocycles. The van der Waals surface area contributed by atoms with Gasteiger partial charge in [-0.2, -0.15) is 4.31 Å². The van der Waals surface area contributed by atoms with E-state index in [1.165, 1.54) is 24.8 Å². The van der Waals surface area contributed by atoms with E-state index in [4.69, 9.17) is 0 Å². The minimum Gasteiger partial charge on any atom is -0.312 e. The van der Waals surface area contributed by atoms with E-state index in [9.17, 15) is 8.42 Å². The standard InChI is InChI=1S/C25H42N4O2S/c1-25(2)21-13-22(25)15-23(14-21)27-17-24-8-11-32(30,31)29(24)18-20-7-5-6-19(12-20)16-26-9-10-28(3)4/h5-7,12,21-24,26-27H,8-11,13-18H2,1-4H3. The van der Waals surface area contributed by atoms with Crippen molar-refractivity contribution in [3.05, 3.63) is 35.4 Å². The van der Waals surface area contributed by atoms with E-state index in [-0.39, 0.29) is 11.8 Å². The van der Waals surface area contributed by atoms with Gasteiger partial charge in [-0.3, -0.25) is 0 Å². The van der Waals surface area contributed by atoms with Crippen molar-refractivity contribution in [3.63, 3.8) is 0 Å². The summed E-state index contributed by atoms with van der Waals surface area (Å²) in [7, 11) is 0.963. The summed E-state index contributed by atoms with van der Waals surface area (Å²) < 4.78 is 27.4. The molecule has 0 amide bonds. The van der Waals surface area contributed by atoms with Crippen LogP contribution in [0.1, 0.15) is 50.7 Å². The first kappa shape index (κ1) is 24.1. The third kappa shape index (κ3) is 5.39. The van der Waals surface area contributed by atoms with Crippen molar-refractivity contribution in [3.8, 4) is 0 Å². The second-order valence-electron chi connectivity index (χ2n) is 11.1. The average molecular weight is 463 g/mol. The lowest BCUT2D eigenvalue weighted by atomic mass is 9.48. The summed E-state index contributed by atoms with van der Waals surface area (Å²) in [5.41, 5.74) is 2.79. The van der Waals surface area contributed by atoms with Crippen molar-refractivity contribution in [2.24, 2.45) is 17.3 Å². The van der Waals surface area contributed by atoms with Gasteiger partial charge in [0.2, 0.25) is 10.0 Å². The van der Waals surface area contributed by atoms with Gasteiger partial charge in [-0.05, 0) is 68.2 Å². The Morgan fingerprint density at radius 2 is 1.84 bits per heavy atom. The Kier molecular flexibility index (Phi) is 7.32. The SMILES string of the molecule is CN(C)CCNCc1cccc(CN2C(CNC3CC4CC(C3)C4(C)C)CCS2(=O)=O)c1. The molecule has 32 heavy (non-hydrogen) atoms. The number of hydrogen-bond donors (Lipinski definition) is 2. The number of rotatable bonds is 10. The molecule has 1 saturated heterocycles. The maximum atomic E-state index is 12.8. The molecule has 6 nitrogen and oxygen atoms in total. The Labute approximate surface area is 195 Å². The van der Waals surface area contributed by atoms with E-state index < -0.39 is 10.0 Å². The van der Waals surface area contributed by atoms with Crippen LogP contribution in [0.5, 0.6) is 0 Å². The van der Waals surface area contributed by atoms with Crippen LogP contribution >= 0.6 is 0 Å². The molecule has 7 heteroatoms. The van der Waals surface area contributed by atoms with E-state index in [0.29, 0.717) is 18.0 Å².